The van der Waals surface area contributed by atoms with E-state index in [4.69, 9.17) is 18.6 Å². The lowest BCUT2D eigenvalue weighted by atomic mass is 9.84. The molecule has 0 aliphatic carbocycles. The Morgan fingerprint density at radius 2 is 1.49 bits per heavy atom. The van der Waals surface area contributed by atoms with Gasteiger partial charge in [0.05, 0.1) is 11.3 Å². The van der Waals surface area contributed by atoms with E-state index in [1.807, 2.05) is 36.0 Å². The minimum absolute atomic E-state index is 0.0116. The SMILES string of the molecule is CC(=O)CC(/C=C/CCSC(c1ccccc1)(c1ccccc1)c1ccccc1)OC(=O)[C@@H](NC(=O)[C@]1(C)COC(c2coc(CNC(=O)OC(C)(C)C)n2)=N1)C(C)C. The summed E-state index contributed by atoms with van der Waals surface area (Å²) in [5, 5.41) is 5.38. The van der Waals surface area contributed by atoms with Crippen LogP contribution in [0, 0.1) is 5.92 Å². The van der Waals surface area contributed by atoms with Gasteiger partial charge in [0.15, 0.2) is 11.2 Å². The van der Waals surface area contributed by atoms with E-state index in [2.05, 4.69) is 93.4 Å². The number of benzene rings is 3. The molecule has 0 spiro atoms. The summed E-state index contributed by atoms with van der Waals surface area (Å²) in [5.74, 6) is -0.716. The van der Waals surface area contributed by atoms with E-state index in [1.54, 1.807) is 47.6 Å². The molecule has 4 aromatic rings. The van der Waals surface area contributed by atoms with Crippen LogP contribution in [0.4, 0.5) is 4.79 Å². The molecule has 5 rings (SSSR count). The molecule has 0 saturated heterocycles. The number of carbonyl (C=O) groups excluding carboxylic acids is 4. The molecular weight excluding hydrogens is 769 g/mol. The molecule has 2 amide bonds. The van der Waals surface area contributed by atoms with Crippen LogP contribution in [0.5, 0.6) is 0 Å². The number of carbonyl (C=O) groups is 4. The Hall–Kier alpha value is -5.69. The van der Waals surface area contributed by atoms with Gasteiger partial charge >= 0.3 is 12.1 Å². The quantitative estimate of drug-likeness (QED) is 0.0437. The fraction of sp³-hybridized carbons (Fsp3) is 0.391. The number of Topliss-reactive ketones (excluding diaryl/α,β-unsaturated/α-hetero) is 1. The van der Waals surface area contributed by atoms with Crippen LogP contribution < -0.4 is 10.6 Å². The smallest absolute Gasteiger partial charge is 0.408 e. The fourth-order valence-corrected chi connectivity index (χ4v) is 7.91. The lowest BCUT2D eigenvalue weighted by Gasteiger charge is -2.35. The van der Waals surface area contributed by atoms with Crippen LogP contribution in [0.25, 0.3) is 0 Å². The number of allylic oxidation sites excluding steroid dienone is 1. The van der Waals surface area contributed by atoms with Gasteiger partial charge in [-0.3, -0.25) is 9.59 Å². The summed E-state index contributed by atoms with van der Waals surface area (Å²) in [4.78, 5) is 60.5. The molecule has 2 N–H and O–H groups in total. The van der Waals surface area contributed by atoms with Crippen LogP contribution in [0.15, 0.2) is 119 Å². The minimum Gasteiger partial charge on any atom is -0.473 e. The van der Waals surface area contributed by atoms with Crippen molar-refractivity contribution in [1.29, 1.82) is 0 Å². The topological polar surface area (TPSA) is 158 Å². The predicted octanol–water partition coefficient (Wildman–Crippen LogP) is 7.94. The average Bonchev–Trinajstić information content (AvgIpc) is 3.85. The lowest BCUT2D eigenvalue weighted by molar-refractivity contribution is -0.153. The van der Waals surface area contributed by atoms with Crippen molar-refractivity contribution in [3.05, 3.63) is 138 Å². The average molecular weight is 823 g/mol. The summed E-state index contributed by atoms with van der Waals surface area (Å²) in [6.45, 7) is 11.7. The molecule has 1 aromatic heterocycles. The molecule has 1 aliphatic heterocycles. The van der Waals surface area contributed by atoms with Crippen molar-refractivity contribution in [2.45, 2.75) is 95.9 Å². The largest absolute Gasteiger partial charge is 0.473 e. The first-order chi connectivity index (χ1) is 28.1. The van der Waals surface area contributed by atoms with E-state index in [1.165, 1.54) is 13.2 Å². The number of thioether (sulfide) groups is 1. The van der Waals surface area contributed by atoms with Gasteiger partial charge in [0, 0.05) is 6.42 Å². The maximum Gasteiger partial charge on any atom is 0.408 e. The lowest BCUT2D eigenvalue weighted by Crippen LogP contribution is -2.53. The number of nitrogens with one attached hydrogen (secondary N) is 2. The fourth-order valence-electron chi connectivity index (χ4n) is 6.44. The minimum atomic E-state index is -1.39. The van der Waals surface area contributed by atoms with Gasteiger partial charge in [-0.1, -0.05) is 111 Å². The van der Waals surface area contributed by atoms with Crippen molar-refractivity contribution in [3.63, 3.8) is 0 Å². The summed E-state index contributed by atoms with van der Waals surface area (Å²) in [7, 11) is 0. The standard InChI is InChI=1S/C46H54N4O8S/c1-31(2)39(49-42(53)45(7)30-56-40(50-45)37-29-55-38(48-37)28-47-43(54)58-44(4,5)6)41(52)57-36(27-32(3)51)25-17-18-26-59-46(33-19-11-8-12-20-33,34-21-13-9-14-22-34)35-23-15-10-16-24-35/h8-17,19-25,29,31,36,39H,18,26-28,30H2,1-7H3,(H,47,54)(H,49,53)/b25-17+/t36?,39-,45-/m0/s1. The van der Waals surface area contributed by atoms with Gasteiger partial charge in [0.2, 0.25) is 11.8 Å². The number of aromatic nitrogens is 1. The van der Waals surface area contributed by atoms with Gasteiger partial charge in [-0.15, -0.1) is 11.8 Å². The number of nitrogens with zero attached hydrogens (tertiary/aromatic N) is 2. The molecule has 3 aromatic carbocycles. The first-order valence-electron chi connectivity index (χ1n) is 19.7. The van der Waals surface area contributed by atoms with Crippen molar-refractivity contribution in [1.82, 2.24) is 15.6 Å². The highest BCUT2D eigenvalue weighted by molar-refractivity contribution is 8.00. The molecule has 0 fully saturated rings. The molecule has 12 nitrogen and oxygen atoms in total. The molecule has 2 heterocycles. The zero-order valence-corrected chi connectivity index (χ0v) is 35.5. The third-order valence-corrected chi connectivity index (χ3v) is 10.9. The van der Waals surface area contributed by atoms with Crippen molar-refractivity contribution >= 4 is 41.4 Å². The molecule has 59 heavy (non-hydrogen) atoms. The molecule has 0 saturated carbocycles. The molecule has 3 atom stereocenters. The molecule has 13 heteroatoms. The Labute approximate surface area is 350 Å². The second kappa shape index (κ2) is 19.8. The normalized spacial score (nSPS) is 16.5. The highest BCUT2D eigenvalue weighted by Gasteiger charge is 2.43. The number of oxazole rings is 1. The van der Waals surface area contributed by atoms with E-state index in [0.717, 1.165) is 22.4 Å². The Kier molecular flexibility index (Phi) is 14.9. The van der Waals surface area contributed by atoms with E-state index >= 15 is 0 Å². The number of hydrogen-bond acceptors (Lipinski definition) is 11. The second-order valence-corrected chi connectivity index (χ2v) is 17.2. The van der Waals surface area contributed by atoms with Crippen molar-refractivity contribution in [3.8, 4) is 0 Å². The zero-order chi connectivity index (χ0) is 42.6. The summed E-state index contributed by atoms with van der Waals surface area (Å²) < 4.78 is 21.9. The molecule has 1 unspecified atom stereocenters. The maximum absolute atomic E-state index is 13.7. The monoisotopic (exact) mass is 822 g/mol. The van der Waals surface area contributed by atoms with Crippen LogP contribution in [-0.4, -0.2) is 70.3 Å². The van der Waals surface area contributed by atoms with Crippen molar-refractivity contribution in [2.75, 3.05) is 12.4 Å². The number of esters is 1. The molecule has 0 bridgehead atoms. The third-order valence-electron chi connectivity index (χ3n) is 9.34. The van der Waals surface area contributed by atoms with Gasteiger partial charge < -0.3 is 29.3 Å². The van der Waals surface area contributed by atoms with Gasteiger partial charge in [0.1, 0.15) is 36.4 Å². The van der Waals surface area contributed by atoms with Gasteiger partial charge in [-0.2, -0.15) is 0 Å². The van der Waals surface area contributed by atoms with Crippen molar-refractivity contribution in [2.24, 2.45) is 10.9 Å². The summed E-state index contributed by atoms with van der Waals surface area (Å²) in [5.41, 5.74) is 1.67. The van der Waals surface area contributed by atoms with E-state index in [-0.39, 0.29) is 48.8 Å². The van der Waals surface area contributed by atoms with Crippen LogP contribution in [0.3, 0.4) is 0 Å². The summed E-state index contributed by atoms with van der Waals surface area (Å²) >= 11 is 1.82. The molecule has 1 aliphatic rings. The highest BCUT2D eigenvalue weighted by atomic mass is 32.2. The van der Waals surface area contributed by atoms with Crippen LogP contribution in [-0.2, 0) is 39.9 Å². The number of hydrogen-bond donors (Lipinski definition) is 2. The van der Waals surface area contributed by atoms with E-state index in [0.29, 0.717) is 6.42 Å². The van der Waals surface area contributed by atoms with E-state index in [9.17, 15) is 19.2 Å². The van der Waals surface area contributed by atoms with E-state index < -0.39 is 46.0 Å². The number of ketones is 1. The summed E-state index contributed by atoms with van der Waals surface area (Å²) in [6.07, 6.45) is 4.19. The van der Waals surface area contributed by atoms with Gasteiger partial charge in [-0.05, 0) is 75.5 Å². The number of rotatable bonds is 18. The third kappa shape index (κ3) is 11.9. The molecular formula is C46H54N4O8S. The first-order valence-corrected chi connectivity index (χ1v) is 20.7. The Morgan fingerprint density at radius 1 is 0.915 bits per heavy atom. The Morgan fingerprint density at radius 3 is 2.02 bits per heavy atom. The van der Waals surface area contributed by atoms with Crippen molar-refractivity contribution < 1.29 is 37.8 Å². The number of aliphatic imine (C=N–C) groups is 1. The highest BCUT2D eigenvalue weighted by Crippen LogP contribution is 2.48. The first kappa shape index (κ1) is 44.4. The molecule has 0 radical (unpaired) electrons. The number of alkyl carbamates (subject to hydrolysis) is 1. The Balaban J connectivity index is 1.23. The van der Waals surface area contributed by atoms with Gasteiger partial charge in [-0.25, -0.2) is 19.6 Å². The molecule has 312 valence electrons. The predicted molar refractivity (Wildman–Crippen MR) is 228 cm³/mol. The summed E-state index contributed by atoms with van der Waals surface area (Å²) in [6, 6.07) is 30.3. The van der Waals surface area contributed by atoms with Crippen LogP contribution in [0.1, 0.15) is 89.6 Å². The van der Waals surface area contributed by atoms with Crippen LogP contribution >= 0.6 is 11.8 Å². The van der Waals surface area contributed by atoms with Crippen LogP contribution in [0.2, 0.25) is 0 Å². The number of amides is 2. The van der Waals surface area contributed by atoms with Gasteiger partial charge in [0.25, 0.3) is 5.91 Å². The maximum atomic E-state index is 13.7. The second-order valence-electron chi connectivity index (χ2n) is 15.9. The Bertz CT molecular complexity index is 2000. The number of ether oxygens (including phenoxy) is 3. The zero-order valence-electron chi connectivity index (χ0n) is 34.7.